The van der Waals surface area contributed by atoms with E-state index in [1.54, 1.807) is 13.2 Å². The first-order chi connectivity index (χ1) is 8.51. The maximum Gasteiger partial charge on any atom is 0.305 e. The first-order valence-electron chi connectivity index (χ1n) is 5.86. The molecule has 1 heterocycles. The standard InChI is InChI=1S/C13H17NO4/c1-7-3-9-4-8(10(14)6-12(15)16)5-11(17-2)13(9)18-7/h4-5,7,10H,3,6,14H2,1-2H3,(H,15,16). The van der Waals surface area contributed by atoms with E-state index in [2.05, 4.69) is 0 Å². The van der Waals surface area contributed by atoms with Crippen molar-refractivity contribution in [2.24, 2.45) is 5.73 Å². The number of hydrogen-bond acceptors (Lipinski definition) is 4. The molecule has 5 heteroatoms. The van der Waals surface area contributed by atoms with E-state index in [9.17, 15) is 4.79 Å². The molecule has 0 bridgehead atoms. The second kappa shape index (κ2) is 4.86. The van der Waals surface area contributed by atoms with E-state index < -0.39 is 12.0 Å². The van der Waals surface area contributed by atoms with Gasteiger partial charge in [0.15, 0.2) is 11.5 Å². The number of carbonyl (C=O) groups is 1. The monoisotopic (exact) mass is 251 g/mol. The van der Waals surface area contributed by atoms with Crippen LogP contribution in [0.2, 0.25) is 0 Å². The van der Waals surface area contributed by atoms with Crippen LogP contribution in [0.1, 0.15) is 30.5 Å². The van der Waals surface area contributed by atoms with Crippen molar-refractivity contribution in [1.29, 1.82) is 0 Å². The third-order valence-corrected chi connectivity index (χ3v) is 3.02. The summed E-state index contributed by atoms with van der Waals surface area (Å²) >= 11 is 0. The normalized spacial score (nSPS) is 18.9. The van der Waals surface area contributed by atoms with E-state index in [0.717, 1.165) is 23.3 Å². The predicted molar refractivity (Wildman–Crippen MR) is 66.0 cm³/mol. The van der Waals surface area contributed by atoms with Gasteiger partial charge in [0.05, 0.1) is 13.5 Å². The molecule has 1 aromatic rings. The number of rotatable bonds is 4. The molecule has 98 valence electrons. The molecule has 0 aliphatic carbocycles. The predicted octanol–water partition coefficient (Wildman–Crippen LogP) is 1.49. The number of carboxylic acids is 1. The number of aliphatic carboxylic acids is 1. The minimum atomic E-state index is -0.911. The quantitative estimate of drug-likeness (QED) is 0.847. The molecule has 0 saturated heterocycles. The number of fused-ring (bicyclic) bond motifs is 1. The second-order valence-electron chi connectivity index (χ2n) is 4.55. The Hall–Kier alpha value is -1.75. The van der Waals surface area contributed by atoms with E-state index in [-0.39, 0.29) is 12.5 Å². The van der Waals surface area contributed by atoms with Gasteiger partial charge in [-0.05, 0) is 18.6 Å². The molecule has 2 rings (SSSR count). The summed E-state index contributed by atoms with van der Waals surface area (Å²) in [5.41, 5.74) is 7.67. The van der Waals surface area contributed by atoms with Crippen molar-refractivity contribution in [2.45, 2.75) is 31.9 Å². The highest BCUT2D eigenvalue weighted by Gasteiger charge is 2.25. The summed E-state index contributed by atoms with van der Waals surface area (Å²) in [7, 11) is 1.56. The van der Waals surface area contributed by atoms with E-state index in [1.807, 2.05) is 13.0 Å². The minimum absolute atomic E-state index is 0.0989. The molecule has 0 amide bonds. The number of hydrogen-bond donors (Lipinski definition) is 2. The Kier molecular flexibility index (Phi) is 3.43. The summed E-state index contributed by atoms with van der Waals surface area (Å²) in [5, 5.41) is 8.77. The van der Waals surface area contributed by atoms with Crippen LogP contribution in [0.15, 0.2) is 12.1 Å². The topological polar surface area (TPSA) is 81.8 Å². The van der Waals surface area contributed by atoms with Crippen molar-refractivity contribution in [3.8, 4) is 11.5 Å². The van der Waals surface area contributed by atoms with Crippen molar-refractivity contribution < 1.29 is 19.4 Å². The van der Waals surface area contributed by atoms with Gasteiger partial charge in [0.25, 0.3) is 0 Å². The molecular weight excluding hydrogens is 234 g/mol. The fourth-order valence-corrected chi connectivity index (χ4v) is 2.19. The van der Waals surface area contributed by atoms with E-state index in [0.29, 0.717) is 5.75 Å². The van der Waals surface area contributed by atoms with Crippen LogP contribution >= 0.6 is 0 Å². The van der Waals surface area contributed by atoms with E-state index >= 15 is 0 Å². The SMILES string of the molecule is COc1cc(C(N)CC(=O)O)cc2c1OC(C)C2. The van der Waals surface area contributed by atoms with Crippen molar-refractivity contribution in [3.05, 3.63) is 23.3 Å². The number of benzene rings is 1. The lowest BCUT2D eigenvalue weighted by molar-refractivity contribution is -0.137. The van der Waals surface area contributed by atoms with Crippen molar-refractivity contribution in [3.63, 3.8) is 0 Å². The Morgan fingerprint density at radius 2 is 2.39 bits per heavy atom. The molecule has 0 fully saturated rings. The van der Waals surface area contributed by atoms with Crippen molar-refractivity contribution in [2.75, 3.05) is 7.11 Å². The lowest BCUT2D eigenvalue weighted by Crippen LogP contribution is -2.15. The molecule has 1 aliphatic rings. The average Bonchev–Trinajstić information content (AvgIpc) is 2.66. The van der Waals surface area contributed by atoms with Gasteiger partial charge in [-0.2, -0.15) is 0 Å². The average molecular weight is 251 g/mol. The fraction of sp³-hybridized carbons (Fsp3) is 0.462. The summed E-state index contributed by atoms with van der Waals surface area (Å²) in [4.78, 5) is 10.7. The highest BCUT2D eigenvalue weighted by molar-refractivity contribution is 5.68. The molecule has 0 aromatic heterocycles. The largest absolute Gasteiger partial charge is 0.493 e. The molecule has 18 heavy (non-hydrogen) atoms. The lowest BCUT2D eigenvalue weighted by Gasteiger charge is -2.14. The number of ether oxygens (including phenoxy) is 2. The summed E-state index contributed by atoms with van der Waals surface area (Å²) < 4.78 is 10.9. The molecule has 0 spiro atoms. The van der Waals surface area contributed by atoms with Gasteiger partial charge in [0, 0.05) is 18.0 Å². The lowest BCUT2D eigenvalue weighted by atomic mass is 9.99. The van der Waals surface area contributed by atoms with E-state index in [4.69, 9.17) is 20.3 Å². The summed E-state index contributed by atoms with van der Waals surface area (Å²) in [6.45, 7) is 1.98. The van der Waals surface area contributed by atoms with Crippen LogP contribution in [0.25, 0.3) is 0 Å². The Balaban J connectivity index is 2.34. The zero-order valence-corrected chi connectivity index (χ0v) is 10.5. The van der Waals surface area contributed by atoms with E-state index in [1.165, 1.54) is 0 Å². The van der Waals surface area contributed by atoms with Gasteiger partial charge >= 0.3 is 5.97 Å². The first kappa shape index (κ1) is 12.7. The Labute approximate surface area is 106 Å². The number of methoxy groups -OCH3 is 1. The maximum atomic E-state index is 10.7. The molecule has 0 radical (unpaired) electrons. The summed E-state index contributed by atoms with van der Waals surface area (Å²) in [5.74, 6) is 0.454. The van der Waals surface area contributed by atoms with Crippen LogP contribution in [-0.4, -0.2) is 24.3 Å². The number of carboxylic acid groups (broad SMARTS) is 1. The molecule has 2 atom stereocenters. The van der Waals surface area contributed by atoms with Gasteiger partial charge in [-0.15, -0.1) is 0 Å². The van der Waals surface area contributed by atoms with Crippen LogP contribution in [0.5, 0.6) is 11.5 Å². The molecule has 3 N–H and O–H groups in total. The Morgan fingerprint density at radius 3 is 3.00 bits per heavy atom. The van der Waals surface area contributed by atoms with Gasteiger partial charge in [0.1, 0.15) is 6.10 Å². The summed E-state index contributed by atoms with van der Waals surface area (Å²) in [6, 6.07) is 3.14. The number of nitrogens with two attached hydrogens (primary N) is 1. The highest BCUT2D eigenvalue weighted by Crippen LogP contribution is 2.40. The zero-order chi connectivity index (χ0) is 13.3. The van der Waals surface area contributed by atoms with Gasteiger partial charge in [-0.25, -0.2) is 0 Å². The van der Waals surface area contributed by atoms with Gasteiger partial charge < -0.3 is 20.3 Å². The van der Waals surface area contributed by atoms with Crippen LogP contribution in [0.4, 0.5) is 0 Å². The summed E-state index contributed by atoms with van der Waals surface area (Å²) in [6.07, 6.45) is 0.803. The maximum absolute atomic E-state index is 10.7. The Bertz CT molecular complexity index is 472. The Morgan fingerprint density at radius 1 is 1.67 bits per heavy atom. The van der Waals surface area contributed by atoms with Crippen LogP contribution < -0.4 is 15.2 Å². The van der Waals surface area contributed by atoms with Crippen molar-refractivity contribution in [1.82, 2.24) is 0 Å². The highest BCUT2D eigenvalue weighted by atomic mass is 16.5. The third-order valence-electron chi connectivity index (χ3n) is 3.02. The van der Waals surface area contributed by atoms with Gasteiger partial charge in [-0.3, -0.25) is 4.79 Å². The van der Waals surface area contributed by atoms with Crippen LogP contribution in [0, 0.1) is 0 Å². The molecule has 1 aliphatic heterocycles. The molecule has 1 aromatic carbocycles. The minimum Gasteiger partial charge on any atom is -0.493 e. The second-order valence-corrected chi connectivity index (χ2v) is 4.55. The molecule has 0 saturated carbocycles. The first-order valence-corrected chi connectivity index (χ1v) is 5.86. The van der Waals surface area contributed by atoms with Crippen molar-refractivity contribution >= 4 is 5.97 Å². The molecule has 5 nitrogen and oxygen atoms in total. The van der Waals surface area contributed by atoms with Crippen LogP contribution in [-0.2, 0) is 11.2 Å². The third kappa shape index (κ3) is 2.41. The smallest absolute Gasteiger partial charge is 0.305 e. The zero-order valence-electron chi connectivity index (χ0n) is 10.5. The molecule has 2 unspecified atom stereocenters. The van der Waals surface area contributed by atoms with Gasteiger partial charge in [-0.1, -0.05) is 6.07 Å². The fourth-order valence-electron chi connectivity index (χ4n) is 2.19. The van der Waals surface area contributed by atoms with Crippen LogP contribution in [0.3, 0.4) is 0 Å². The molecular formula is C13H17NO4. The van der Waals surface area contributed by atoms with Gasteiger partial charge in [0.2, 0.25) is 0 Å².